The topological polar surface area (TPSA) is 93.7 Å². The number of hydrogen-bond donors (Lipinski definition) is 2. The number of esters is 1. The Labute approximate surface area is 186 Å². The molecule has 2 N–H and O–H groups in total. The van der Waals surface area contributed by atoms with Gasteiger partial charge in [-0.3, -0.25) is 14.4 Å². The van der Waals surface area contributed by atoms with Crippen LogP contribution in [0.1, 0.15) is 28.4 Å². The van der Waals surface area contributed by atoms with Crippen LogP contribution < -0.4 is 20.1 Å². The van der Waals surface area contributed by atoms with Crippen molar-refractivity contribution in [3.05, 3.63) is 89.5 Å². The summed E-state index contributed by atoms with van der Waals surface area (Å²) in [5, 5.41) is 5.62. The Morgan fingerprint density at radius 3 is 2.38 bits per heavy atom. The maximum Gasteiger partial charge on any atom is 0.308 e. The second-order valence-electron chi connectivity index (χ2n) is 7.11. The Morgan fingerprint density at radius 1 is 0.875 bits per heavy atom. The fourth-order valence-corrected chi connectivity index (χ4v) is 2.89. The number of para-hydroxylation sites is 1. The molecule has 0 aromatic heterocycles. The van der Waals surface area contributed by atoms with Gasteiger partial charge in [-0.15, -0.1) is 0 Å². The number of aryl methyl sites for hydroxylation is 1. The Balaban J connectivity index is 1.58. The van der Waals surface area contributed by atoms with E-state index in [1.807, 2.05) is 43.3 Å². The molecule has 0 spiro atoms. The summed E-state index contributed by atoms with van der Waals surface area (Å²) in [6.07, 6.45) is 0. The molecule has 0 bridgehead atoms. The van der Waals surface area contributed by atoms with Gasteiger partial charge in [-0.25, -0.2) is 0 Å². The largest absolute Gasteiger partial charge is 0.484 e. The first kappa shape index (κ1) is 22.6. The molecule has 3 aromatic carbocycles. The van der Waals surface area contributed by atoms with E-state index in [1.165, 1.54) is 13.0 Å². The van der Waals surface area contributed by atoms with E-state index in [9.17, 15) is 14.4 Å². The highest BCUT2D eigenvalue weighted by Crippen LogP contribution is 2.19. The van der Waals surface area contributed by atoms with E-state index in [1.54, 1.807) is 30.3 Å². The lowest BCUT2D eigenvalue weighted by Gasteiger charge is -2.13. The van der Waals surface area contributed by atoms with E-state index >= 15 is 0 Å². The number of carbonyl (C=O) groups excluding carboxylic acids is 3. The smallest absolute Gasteiger partial charge is 0.308 e. The van der Waals surface area contributed by atoms with E-state index in [-0.39, 0.29) is 25.0 Å². The van der Waals surface area contributed by atoms with Gasteiger partial charge in [-0.05, 0) is 48.9 Å². The lowest BCUT2D eigenvalue weighted by atomic mass is 10.1. The van der Waals surface area contributed by atoms with E-state index in [2.05, 4.69) is 10.6 Å². The first-order valence-corrected chi connectivity index (χ1v) is 10.0. The molecular weight excluding hydrogens is 408 g/mol. The molecule has 0 atom stereocenters. The van der Waals surface area contributed by atoms with Gasteiger partial charge in [0.05, 0.1) is 0 Å². The van der Waals surface area contributed by atoms with E-state index < -0.39 is 5.97 Å². The van der Waals surface area contributed by atoms with Gasteiger partial charge in [-0.2, -0.15) is 0 Å². The van der Waals surface area contributed by atoms with Crippen molar-refractivity contribution in [2.45, 2.75) is 20.4 Å². The molecule has 0 aliphatic carbocycles. The first-order chi connectivity index (χ1) is 15.4. The molecule has 164 valence electrons. The summed E-state index contributed by atoms with van der Waals surface area (Å²) in [6.45, 7) is 3.38. The fourth-order valence-electron chi connectivity index (χ4n) is 2.89. The zero-order valence-corrected chi connectivity index (χ0v) is 17.9. The van der Waals surface area contributed by atoms with Crippen LogP contribution in [0.5, 0.6) is 11.5 Å². The predicted molar refractivity (Wildman–Crippen MR) is 121 cm³/mol. The minimum atomic E-state index is -0.463. The average Bonchev–Trinajstić information content (AvgIpc) is 2.78. The molecular formula is C25H24N2O5. The molecule has 0 fully saturated rings. The molecule has 3 aromatic rings. The number of ether oxygens (including phenoxy) is 2. The molecule has 0 heterocycles. The molecule has 7 heteroatoms. The number of carbonyl (C=O) groups is 3. The van der Waals surface area contributed by atoms with Crippen LogP contribution in [0.4, 0.5) is 5.69 Å². The molecule has 0 aliphatic heterocycles. The zero-order valence-electron chi connectivity index (χ0n) is 17.9. The summed E-state index contributed by atoms with van der Waals surface area (Å²) in [5.74, 6) is -0.190. The van der Waals surface area contributed by atoms with Gasteiger partial charge in [0, 0.05) is 24.7 Å². The van der Waals surface area contributed by atoms with Crippen LogP contribution >= 0.6 is 0 Å². The predicted octanol–water partition coefficient (Wildman–Crippen LogP) is 3.87. The average molecular weight is 432 g/mol. The number of benzene rings is 3. The third kappa shape index (κ3) is 6.70. The van der Waals surface area contributed by atoms with E-state index in [0.717, 1.165) is 11.1 Å². The highest BCUT2D eigenvalue weighted by molar-refractivity contribution is 6.05. The van der Waals surface area contributed by atoms with Crippen LogP contribution in [0.15, 0.2) is 72.8 Å². The van der Waals surface area contributed by atoms with Gasteiger partial charge in [0.15, 0.2) is 6.61 Å². The normalized spacial score (nSPS) is 10.2. The Hall–Kier alpha value is -4.13. The highest BCUT2D eigenvalue weighted by Gasteiger charge is 2.11. The highest BCUT2D eigenvalue weighted by atomic mass is 16.5. The van der Waals surface area contributed by atoms with Crippen LogP contribution in [-0.2, 0) is 16.1 Å². The Kier molecular flexibility index (Phi) is 7.59. The van der Waals surface area contributed by atoms with Crippen LogP contribution in [0.2, 0.25) is 0 Å². The summed E-state index contributed by atoms with van der Waals surface area (Å²) in [4.78, 5) is 36.0. The standard InChI is InChI=1S/C25H24N2O5/c1-17-10-12-21(13-11-17)31-16-24(29)26-15-20-6-3-4-9-23(20)27-25(30)19-7-5-8-22(14-19)32-18(2)28/h3-14H,15-16H2,1-2H3,(H,26,29)(H,27,30). The summed E-state index contributed by atoms with van der Waals surface area (Å²) in [5.41, 5.74) is 2.75. The maximum atomic E-state index is 12.7. The molecule has 0 aliphatic rings. The van der Waals surface area contributed by atoms with Crippen LogP contribution in [0, 0.1) is 6.92 Å². The SMILES string of the molecule is CC(=O)Oc1cccc(C(=O)Nc2ccccc2CNC(=O)COc2ccc(C)cc2)c1. The van der Waals surface area contributed by atoms with Gasteiger partial charge >= 0.3 is 5.97 Å². The molecule has 0 saturated carbocycles. The van der Waals surface area contributed by atoms with Crippen molar-refractivity contribution >= 4 is 23.5 Å². The number of amides is 2. The minimum absolute atomic E-state index is 0.111. The number of rotatable bonds is 8. The summed E-state index contributed by atoms with van der Waals surface area (Å²) < 4.78 is 10.5. The second kappa shape index (κ2) is 10.8. The Bertz CT molecular complexity index is 1110. The molecule has 0 radical (unpaired) electrons. The van der Waals surface area contributed by atoms with E-state index in [4.69, 9.17) is 9.47 Å². The van der Waals surface area contributed by atoms with Crippen molar-refractivity contribution in [1.29, 1.82) is 0 Å². The number of hydrogen-bond acceptors (Lipinski definition) is 5. The summed E-state index contributed by atoms with van der Waals surface area (Å²) >= 11 is 0. The van der Waals surface area contributed by atoms with Crippen molar-refractivity contribution in [3.8, 4) is 11.5 Å². The monoisotopic (exact) mass is 432 g/mol. The van der Waals surface area contributed by atoms with Crippen LogP contribution in [0.3, 0.4) is 0 Å². The first-order valence-electron chi connectivity index (χ1n) is 10.0. The van der Waals surface area contributed by atoms with Crippen molar-refractivity contribution in [1.82, 2.24) is 5.32 Å². The molecule has 32 heavy (non-hydrogen) atoms. The molecule has 7 nitrogen and oxygen atoms in total. The van der Waals surface area contributed by atoms with Crippen molar-refractivity contribution in [2.24, 2.45) is 0 Å². The van der Waals surface area contributed by atoms with Gasteiger partial charge < -0.3 is 20.1 Å². The van der Waals surface area contributed by atoms with Gasteiger partial charge in [0.2, 0.25) is 0 Å². The molecule has 3 rings (SSSR count). The summed E-state index contributed by atoms with van der Waals surface area (Å²) in [7, 11) is 0. The Morgan fingerprint density at radius 2 is 1.62 bits per heavy atom. The fraction of sp³-hybridized carbons (Fsp3) is 0.160. The minimum Gasteiger partial charge on any atom is -0.484 e. The molecule has 0 unspecified atom stereocenters. The van der Waals surface area contributed by atoms with Gasteiger partial charge in [0.1, 0.15) is 11.5 Å². The molecule has 0 saturated heterocycles. The van der Waals surface area contributed by atoms with Crippen LogP contribution in [0.25, 0.3) is 0 Å². The number of anilines is 1. The van der Waals surface area contributed by atoms with Gasteiger partial charge in [-0.1, -0.05) is 42.0 Å². The second-order valence-corrected chi connectivity index (χ2v) is 7.11. The third-order valence-corrected chi connectivity index (χ3v) is 4.49. The van der Waals surface area contributed by atoms with Crippen molar-refractivity contribution < 1.29 is 23.9 Å². The molecule has 2 amide bonds. The van der Waals surface area contributed by atoms with E-state index in [0.29, 0.717) is 22.7 Å². The van der Waals surface area contributed by atoms with Crippen LogP contribution in [-0.4, -0.2) is 24.4 Å². The summed E-state index contributed by atoms with van der Waals surface area (Å²) in [6, 6.07) is 20.9. The van der Waals surface area contributed by atoms with Gasteiger partial charge in [0.25, 0.3) is 11.8 Å². The lowest BCUT2D eigenvalue weighted by Crippen LogP contribution is -2.29. The zero-order chi connectivity index (χ0) is 22.9. The third-order valence-electron chi connectivity index (χ3n) is 4.49. The lowest BCUT2D eigenvalue weighted by molar-refractivity contribution is -0.131. The van der Waals surface area contributed by atoms with Crippen molar-refractivity contribution in [2.75, 3.05) is 11.9 Å². The quantitative estimate of drug-likeness (QED) is 0.416. The number of nitrogens with one attached hydrogen (secondary N) is 2. The van der Waals surface area contributed by atoms with Crippen molar-refractivity contribution in [3.63, 3.8) is 0 Å². The maximum absolute atomic E-state index is 12.7.